The molecule has 2 N–H and O–H groups in total. The predicted molar refractivity (Wildman–Crippen MR) is 71.7 cm³/mol. The molecule has 17 heavy (non-hydrogen) atoms. The Morgan fingerprint density at radius 3 is 2.71 bits per heavy atom. The second kappa shape index (κ2) is 8.81. The predicted octanol–water partition coefficient (Wildman–Crippen LogP) is 2.04. The molecule has 0 saturated heterocycles. The Kier molecular flexibility index (Phi) is 7.13. The van der Waals surface area contributed by atoms with Crippen molar-refractivity contribution in [1.29, 1.82) is 0 Å². The van der Waals surface area contributed by atoms with Crippen molar-refractivity contribution in [2.75, 3.05) is 19.7 Å². The Bertz CT molecular complexity index is 350. The van der Waals surface area contributed by atoms with Crippen LogP contribution >= 0.6 is 0 Å². The van der Waals surface area contributed by atoms with Gasteiger partial charge in [0.2, 0.25) is 0 Å². The quantitative estimate of drug-likeness (QED) is 0.580. The van der Waals surface area contributed by atoms with Gasteiger partial charge >= 0.3 is 0 Å². The first kappa shape index (κ1) is 13.8. The highest BCUT2D eigenvalue weighted by Crippen LogP contribution is 2.04. The lowest BCUT2D eigenvalue weighted by Gasteiger charge is -2.12. The van der Waals surface area contributed by atoms with Gasteiger partial charge in [-0.3, -0.25) is 0 Å². The van der Waals surface area contributed by atoms with E-state index in [2.05, 4.69) is 24.1 Å². The molecule has 0 spiro atoms. The molecule has 0 radical (unpaired) electrons. The van der Waals surface area contributed by atoms with Crippen molar-refractivity contribution in [3.8, 4) is 11.8 Å². The lowest BCUT2D eigenvalue weighted by atomic mass is 10.0. The van der Waals surface area contributed by atoms with Crippen LogP contribution in [0.3, 0.4) is 0 Å². The fourth-order valence-electron chi connectivity index (χ4n) is 1.64. The topological polar surface area (TPSA) is 32.3 Å². The zero-order valence-corrected chi connectivity index (χ0v) is 10.4. The Balaban J connectivity index is 2.22. The minimum Gasteiger partial charge on any atom is -0.396 e. The molecule has 0 aliphatic carbocycles. The molecule has 0 fully saturated rings. The summed E-state index contributed by atoms with van der Waals surface area (Å²) in [7, 11) is 0. The number of aliphatic hydroxyl groups is 1. The van der Waals surface area contributed by atoms with E-state index in [1.54, 1.807) is 0 Å². The summed E-state index contributed by atoms with van der Waals surface area (Å²) < 4.78 is 0. The van der Waals surface area contributed by atoms with Gasteiger partial charge in [-0.2, -0.15) is 0 Å². The van der Waals surface area contributed by atoms with Crippen LogP contribution in [0.5, 0.6) is 0 Å². The van der Waals surface area contributed by atoms with Crippen LogP contribution in [0.4, 0.5) is 0 Å². The minimum absolute atomic E-state index is 0.274. The average Bonchev–Trinajstić information content (AvgIpc) is 2.38. The lowest BCUT2D eigenvalue weighted by molar-refractivity contribution is 0.252. The molecule has 0 amide bonds. The van der Waals surface area contributed by atoms with Crippen molar-refractivity contribution < 1.29 is 5.11 Å². The number of hydrogen-bond acceptors (Lipinski definition) is 2. The van der Waals surface area contributed by atoms with E-state index < -0.39 is 0 Å². The molecule has 1 rings (SSSR count). The molecule has 0 aromatic heterocycles. The van der Waals surface area contributed by atoms with Gasteiger partial charge in [-0.25, -0.2) is 0 Å². The van der Waals surface area contributed by atoms with Gasteiger partial charge in [0.25, 0.3) is 0 Å². The third-order valence-corrected chi connectivity index (χ3v) is 2.77. The van der Waals surface area contributed by atoms with Crippen LogP contribution in [0.2, 0.25) is 0 Å². The Labute approximate surface area is 104 Å². The number of hydrogen-bond donors (Lipinski definition) is 2. The van der Waals surface area contributed by atoms with Gasteiger partial charge in [-0.15, -0.1) is 0 Å². The molecular weight excluding hydrogens is 210 g/mol. The first-order valence-electron chi connectivity index (χ1n) is 6.22. The van der Waals surface area contributed by atoms with E-state index in [0.29, 0.717) is 12.5 Å². The van der Waals surface area contributed by atoms with Crippen LogP contribution in [-0.2, 0) is 0 Å². The van der Waals surface area contributed by atoms with Crippen LogP contribution in [0.1, 0.15) is 25.3 Å². The van der Waals surface area contributed by atoms with E-state index in [4.69, 9.17) is 5.11 Å². The summed E-state index contributed by atoms with van der Waals surface area (Å²) in [5, 5.41) is 12.2. The molecule has 0 bridgehead atoms. The van der Waals surface area contributed by atoms with E-state index in [9.17, 15) is 0 Å². The maximum atomic E-state index is 8.86. The summed E-state index contributed by atoms with van der Waals surface area (Å²) in [6.45, 7) is 4.06. The maximum Gasteiger partial charge on any atom is 0.0580 e. The van der Waals surface area contributed by atoms with Crippen molar-refractivity contribution in [3.63, 3.8) is 0 Å². The summed E-state index contributed by atoms with van der Waals surface area (Å²) in [5.74, 6) is 6.76. The van der Waals surface area contributed by atoms with Crippen molar-refractivity contribution in [2.45, 2.75) is 19.8 Å². The van der Waals surface area contributed by atoms with Crippen LogP contribution in [0, 0.1) is 17.8 Å². The van der Waals surface area contributed by atoms with Gasteiger partial charge in [0, 0.05) is 12.2 Å². The molecule has 92 valence electrons. The van der Waals surface area contributed by atoms with E-state index in [-0.39, 0.29) is 6.61 Å². The highest BCUT2D eigenvalue weighted by Gasteiger charge is 2.03. The van der Waals surface area contributed by atoms with Crippen LogP contribution in [-0.4, -0.2) is 24.8 Å². The first-order chi connectivity index (χ1) is 8.36. The molecule has 0 heterocycles. The lowest BCUT2D eigenvalue weighted by Crippen LogP contribution is -2.23. The van der Waals surface area contributed by atoms with Gasteiger partial charge in [-0.1, -0.05) is 43.4 Å². The van der Waals surface area contributed by atoms with Gasteiger partial charge in [0.15, 0.2) is 0 Å². The second-order valence-corrected chi connectivity index (χ2v) is 4.09. The summed E-state index contributed by atoms with van der Waals surface area (Å²) >= 11 is 0. The summed E-state index contributed by atoms with van der Waals surface area (Å²) in [6.07, 6.45) is 1.97. The zero-order valence-electron chi connectivity index (χ0n) is 10.4. The van der Waals surface area contributed by atoms with Crippen molar-refractivity contribution >= 4 is 0 Å². The fraction of sp³-hybridized carbons (Fsp3) is 0.467. The molecular formula is C15H21NO. The number of rotatable bonds is 6. The highest BCUT2D eigenvalue weighted by atomic mass is 16.3. The molecule has 0 aliphatic rings. The minimum atomic E-state index is 0.274. The highest BCUT2D eigenvalue weighted by molar-refractivity contribution is 5.33. The van der Waals surface area contributed by atoms with E-state index in [1.807, 2.05) is 30.3 Å². The molecule has 1 atom stereocenters. The van der Waals surface area contributed by atoms with Gasteiger partial charge in [0.1, 0.15) is 0 Å². The Morgan fingerprint density at radius 2 is 2.06 bits per heavy atom. The van der Waals surface area contributed by atoms with Crippen LogP contribution < -0.4 is 5.32 Å². The van der Waals surface area contributed by atoms with E-state index in [0.717, 1.165) is 24.9 Å². The summed E-state index contributed by atoms with van der Waals surface area (Å²) in [6, 6.07) is 9.99. The molecule has 2 heteroatoms. The van der Waals surface area contributed by atoms with Crippen molar-refractivity contribution in [2.24, 2.45) is 5.92 Å². The van der Waals surface area contributed by atoms with Gasteiger partial charge < -0.3 is 10.4 Å². The van der Waals surface area contributed by atoms with Gasteiger partial charge in [-0.05, 0) is 31.0 Å². The SMILES string of the molecule is CCC(CCO)CNCC#Cc1ccccc1. The number of nitrogens with one attached hydrogen (secondary N) is 1. The third kappa shape index (κ3) is 6.11. The molecule has 1 aromatic carbocycles. The number of aliphatic hydroxyl groups excluding tert-OH is 1. The normalized spacial score (nSPS) is 11.6. The van der Waals surface area contributed by atoms with Crippen LogP contribution in [0.25, 0.3) is 0 Å². The summed E-state index contributed by atoms with van der Waals surface area (Å²) in [4.78, 5) is 0. The molecule has 2 nitrogen and oxygen atoms in total. The smallest absolute Gasteiger partial charge is 0.0580 e. The van der Waals surface area contributed by atoms with Crippen molar-refractivity contribution in [3.05, 3.63) is 35.9 Å². The third-order valence-electron chi connectivity index (χ3n) is 2.77. The maximum absolute atomic E-state index is 8.86. The zero-order chi connectivity index (χ0) is 12.3. The monoisotopic (exact) mass is 231 g/mol. The van der Waals surface area contributed by atoms with E-state index in [1.165, 1.54) is 0 Å². The number of benzene rings is 1. The second-order valence-electron chi connectivity index (χ2n) is 4.09. The van der Waals surface area contributed by atoms with E-state index >= 15 is 0 Å². The Hall–Kier alpha value is -1.30. The van der Waals surface area contributed by atoms with Crippen LogP contribution in [0.15, 0.2) is 30.3 Å². The van der Waals surface area contributed by atoms with Gasteiger partial charge in [0.05, 0.1) is 6.54 Å². The molecule has 1 aromatic rings. The standard InChI is InChI=1S/C15H21NO/c1-2-14(10-12-17)13-16-11-6-9-15-7-4-3-5-8-15/h3-5,7-8,14,16-17H,2,10-13H2,1H3. The first-order valence-corrected chi connectivity index (χ1v) is 6.22. The molecule has 0 aliphatic heterocycles. The largest absolute Gasteiger partial charge is 0.396 e. The average molecular weight is 231 g/mol. The Morgan fingerprint density at radius 1 is 1.29 bits per heavy atom. The fourth-order valence-corrected chi connectivity index (χ4v) is 1.64. The van der Waals surface area contributed by atoms with Crippen molar-refractivity contribution in [1.82, 2.24) is 5.32 Å². The molecule has 0 saturated carbocycles. The molecule has 1 unspecified atom stereocenters. The summed E-state index contributed by atoms with van der Waals surface area (Å²) in [5.41, 5.74) is 1.05.